The molecule has 1 rings (SSSR count). The second kappa shape index (κ2) is 9.50. The minimum atomic E-state index is -0.428. The molecule has 1 aromatic rings. The van der Waals surface area contributed by atoms with Crippen LogP contribution >= 0.6 is 11.6 Å². The monoisotopic (exact) mass is 313 g/mol. The maximum absolute atomic E-state index is 12.0. The number of anilines is 1. The molecule has 0 heterocycles. The van der Waals surface area contributed by atoms with E-state index < -0.39 is 5.97 Å². The first kappa shape index (κ1) is 17.6. The molecule has 0 atom stereocenters. The predicted octanol–water partition coefficient (Wildman–Crippen LogP) is 4.45. The fourth-order valence-corrected chi connectivity index (χ4v) is 2.19. The lowest BCUT2D eigenvalue weighted by Gasteiger charge is -2.10. The standard InChI is InChI=1S/C16H24ClNO3/c1-3-4-5-6-7-8-9-21-16(19)12-10-13(17)14(18)11-15(12)20-2/h10-11H,3-9,18H2,1-2H3. The van der Waals surface area contributed by atoms with Crippen LogP contribution in [0.3, 0.4) is 0 Å². The van der Waals surface area contributed by atoms with E-state index in [-0.39, 0.29) is 0 Å². The van der Waals surface area contributed by atoms with Crippen LogP contribution in [0, 0.1) is 0 Å². The zero-order valence-corrected chi connectivity index (χ0v) is 13.5. The van der Waals surface area contributed by atoms with Gasteiger partial charge in [-0.2, -0.15) is 0 Å². The molecular formula is C16H24ClNO3. The van der Waals surface area contributed by atoms with Gasteiger partial charge >= 0.3 is 5.97 Å². The average Bonchev–Trinajstić information content (AvgIpc) is 2.48. The van der Waals surface area contributed by atoms with Gasteiger partial charge in [0.25, 0.3) is 0 Å². The topological polar surface area (TPSA) is 61.5 Å². The molecule has 0 saturated carbocycles. The molecule has 0 amide bonds. The number of esters is 1. The molecular weight excluding hydrogens is 290 g/mol. The van der Waals surface area contributed by atoms with Crippen LogP contribution in [0.15, 0.2) is 12.1 Å². The predicted molar refractivity (Wildman–Crippen MR) is 86.1 cm³/mol. The Morgan fingerprint density at radius 2 is 1.86 bits per heavy atom. The molecule has 1 aromatic carbocycles. The Morgan fingerprint density at radius 3 is 2.52 bits per heavy atom. The maximum Gasteiger partial charge on any atom is 0.341 e. The molecule has 0 spiro atoms. The van der Waals surface area contributed by atoms with Crippen LogP contribution in [0.4, 0.5) is 5.69 Å². The van der Waals surface area contributed by atoms with E-state index in [0.717, 1.165) is 12.8 Å². The van der Waals surface area contributed by atoms with Gasteiger partial charge in [-0.3, -0.25) is 0 Å². The largest absolute Gasteiger partial charge is 0.496 e. The SMILES string of the molecule is CCCCCCCCOC(=O)c1cc(Cl)c(N)cc1OC. The third-order valence-electron chi connectivity index (χ3n) is 3.27. The summed E-state index contributed by atoms with van der Waals surface area (Å²) in [5.74, 6) is -0.0489. The van der Waals surface area contributed by atoms with Crippen molar-refractivity contribution in [2.75, 3.05) is 19.5 Å². The van der Waals surface area contributed by atoms with Crippen LogP contribution < -0.4 is 10.5 Å². The van der Waals surface area contributed by atoms with Crippen molar-refractivity contribution in [2.24, 2.45) is 0 Å². The van der Waals surface area contributed by atoms with Crippen LogP contribution in [0.25, 0.3) is 0 Å². The number of nitrogen functional groups attached to an aromatic ring is 1. The van der Waals surface area contributed by atoms with Gasteiger partial charge in [-0.05, 0) is 12.5 Å². The number of unbranched alkanes of at least 4 members (excludes halogenated alkanes) is 5. The summed E-state index contributed by atoms with van der Waals surface area (Å²) in [4.78, 5) is 12.0. The Labute approximate surface area is 131 Å². The van der Waals surface area contributed by atoms with Crippen LogP contribution in [0.2, 0.25) is 5.02 Å². The summed E-state index contributed by atoms with van der Waals surface area (Å²) in [6, 6.07) is 3.02. The number of hydrogen-bond donors (Lipinski definition) is 1. The summed E-state index contributed by atoms with van der Waals surface area (Å²) in [5.41, 5.74) is 6.36. The highest BCUT2D eigenvalue weighted by atomic mass is 35.5. The molecule has 0 unspecified atom stereocenters. The zero-order chi connectivity index (χ0) is 15.7. The van der Waals surface area contributed by atoms with Gasteiger partial charge in [0, 0.05) is 6.07 Å². The Morgan fingerprint density at radius 1 is 1.19 bits per heavy atom. The third kappa shape index (κ3) is 5.84. The molecule has 5 heteroatoms. The first-order valence-corrected chi connectivity index (χ1v) is 7.78. The average molecular weight is 314 g/mol. The normalized spacial score (nSPS) is 10.4. The first-order chi connectivity index (χ1) is 10.1. The van der Waals surface area contributed by atoms with Gasteiger partial charge in [0.05, 0.1) is 24.4 Å². The first-order valence-electron chi connectivity index (χ1n) is 7.40. The number of carbonyl (C=O) groups excluding carboxylic acids is 1. The Bertz CT molecular complexity index is 463. The van der Waals surface area contributed by atoms with Crippen molar-refractivity contribution in [2.45, 2.75) is 45.4 Å². The van der Waals surface area contributed by atoms with Crippen molar-refractivity contribution in [1.29, 1.82) is 0 Å². The summed E-state index contributed by atoms with van der Waals surface area (Å²) >= 11 is 5.93. The fraction of sp³-hybridized carbons (Fsp3) is 0.562. The molecule has 118 valence electrons. The van der Waals surface area contributed by atoms with E-state index >= 15 is 0 Å². The van der Waals surface area contributed by atoms with Gasteiger partial charge in [-0.25, -0.2) is 4.79 Å². The van der Waals surface area contributed by atoms with Crippen molar-refractivity contribution in [1.82, 2.24) is 0 Å². The second-order valence-electron chi connectivity index (χ2n) is 4.98. The van der Waals surface area contributed by atoms with E-state index in [1.807, 2.05) is 0 Å². The van der Waals surface area contributed by atoms with Gasteiger partial charge < -0.3 is 15.2 Å². The molecule has 0 radical (unpaired) electrons. The van der Waals surface area contributed by atoms with E-state index in [2.05, 4.69) is 6.92 Å². The van der Waals surface area contributed by atoms with E-state index in [1.54, 1.807) is 0 Å². The van der Waals surface area contributed by atoms with Gasteiger partial charge in [-0.15, -0.1) is 0 Å². The summed E-state index contributed by atoms with van der Waals surface area (Å²) in [5, 5.41) is 0.322. The summed E-state index contributed by atoms with van der Waals surface area (Å²) in [6.07, 6.45) is 6.87. The van der Waals surface area contributed by atoms with Gasteiger partial charge in [0.15, 0.2) is 0 Å². The molecule has 0 aliphatic rings. The smallest absolute Gasteiger partial charge is 0.341 e. The minimum absolute atomic E-state index is 0.308. The molecule has 0 saturated heterocycles. The van der Waals surface area contributed by atoms with Crippen LogP contribution in [0.5, 0.6) is 5.75 Å². The van der Waals surface area contributed by atoms with E-state index in [1.165, 1.54) is 44.9 Å². The number of hydrogen-bond acceptors (Lipinski definition) is 4. The number of carbonyl (C=O) groups is 1. The molecule has 0 aliphatic carbocycles. The van der Waals surface area contributed by atoms with E-state index in [0.29, 0.717) is 28.6 Å². The van der Waals surface area contributed by atoms with E-state index in [9.17, 15) is 4.79 Å². The summed E-state index contributed by atoms with van der Waals surface area (Å²) in [7, 11) is 1.48. The Hall–Kier alpha value is -1.42. The lowest BCUT2D eigenvalue weighted by molar-refractivity contribution is 0.0494. The number of nitrogens with two attached hydrogens (primary N) is 1. The van der Waals surface area contributed by atoms with Crippen molar-refractivity contribution < 1.29 is 14.3 Å². The van der Waals surface area contributed by atoms with Crippen molar-refractivity contribution in [3.8, 4) is 5.75 Å². The molecule has 0 aliphatic heterocycles. The molecule has 21 heavy (non-hydrogen) atoms. The molecule has 0 aromatic heterocycles. The number of rotatable bonds is 9. The van der Waals surface area contributed by atoms with Crippen molar-refractivity contribution in [3.63, 3.8) is 0 Å². The lowest BCUT2D eigenvalue weighted by atomic mass is 10.1. The molecule has 4 nitrogen and oxygen atoms in total. The Kier molecular flexibility index (Phi) is 7.98. The van der Waals surface area contributed by atoms with Crippen molar-refractivity contribution >= 4 is 23.3 Å². The highest BCUT2D eigenvalue weighted by Crippen LogP contribution is 2.29. The summed E-state index contributed by atoms with van der Waals surface area (Å²) in [6.45, 7) is 2.60. The van der Waals surface area contributed by atoms with Crippen LogP contribution in [0.1, 0.15) is 55.8 Å². The van der Waals surface area contributed by atoms with Gasteiger partial charge in [-0.1, -0.05) is 50.6 Å². The molecule has 0 bridgehead atoms. The third-order valence-corrected chi connectivity index (χ3v) is 3.60. The van der Waals surface area contributed by atoms with E-state index in [4.69, 9.17) is 26.8 Å². The second-order valence-corrected chi connectivity index (χ2v) is 5.38. The molecule has 2 N–H and O–H groups in total. The maximum atomic E-state index is 12.0. The number of ether oxygens (including phenoxy) is 2. The highest BCUT2D eigenvalue weighted by molar-refractivity contribution is 6.33. The minimum Gasteiger partial charge on any atom is -0.496 e. The molecule has 0 fully saturated rings. The lowest BCUT2D eigenvalue weighted by Crippen LogP contribution is -2.09. The van der Waals surface area contributed by atoms with Gasteiger partial charge in [0.1, 0.15) is 11.3 Å². The van der Waals surface area contributed by atoms with Crippen molar-refractivity contribution in [3.05, 3.63) is 22.7 Å². The number of methoxy groups -OCH3 is 1. The highest BCUT2D eigenvalue weighted by Gasteiger charge is 2.16. The Balaban J connectivity index is 2.43. The quantitative estimate of drug-likeness (QED) is 0.415. The fourth-order valence-electron chi connectivity index (χ4n) is 2.02. The van der Waals surface area contributed by atoms with Gasteiger partial charge in [0.2, 0.25) is 0 Å². The van der Waals surface area contributed by atoms with Crippen LogP contribution in [-0.2, 0) is 4.74 Å². The summed E-state index contributed by atoms with van der Waals surface area (Å²) < 4.78 is 10.4. The zero-order valence-electron chi connectivity index (χ0n) is 12.8. The number of halogens is 1. The van der Waals surface area contributed by atoms with Crippen LogP contribution in [-0.4, -0.2) is 19.7 Å². The number of benzene rings is 1.